The maximum atomic E-state index is 14.4. The minimum Gasteiger partial charge on any atom is -0.356 e. The lowest BCUT2D eigenvalue weighted by molar-refractivity contribution is -0.120. The van der Waals surface area contributed by atoms with E-state index in [0.717, 1.165) is 0 Å². The first-order chi connectivity index (χ1) is 15.0. The summed E-state index contributed by atoms with van der Waals surface area (Å²) in [6.45, 7) is 2.60. The van der Waals surface area contributed by atoms with E-state index in [4.69, 9.17) is 11.6 Å². The Morgan fingerprint density at radius 3 is 2.81 bits per heavy atom. The number of halogens is 2. The predicted molar refractivity (Wildman–Crippen MR) is 114 cm³/mol. The summed E-state index contributed by atoms with van der Waals surface area (Å²) in [5.41, 5.74) is 2.18. The second-order valence-corrected chi connectivity index (χ2v) is 7.21. The summed E-state index contributed by atoms with van der Waals surface area (Å²) < 4.78 is 14.4. The first kappa shape index (κ1) is 20.7. The van der Waals surface area contributed by atoms with Crippen molar-refractivity contribution < 1.29 is 14.0 Å². The van der Waals surface area contributed by atoms with Crippen LogP contribution in [-0.2, 0) is 17.8 Å². The fourth-order valence-corrected chi connectivity index (χ4v) is 3.53. The molecule has 0 unspecified atom stereocenters. The second-order valence-electron chi connectivity index (χ2n) is 6.80. The van der Waals surface area contributed by atoms with Crippen molar-refractivity contribution in [2.24, 2.45) is 0 Å². The number of pyridine rings is 1. The smallest absolute Gasteiger partial charge is 0.255 e. The molecule has 0 spiro atoms. The van der Waals surface area contributed by atoms with Gasteiger partial charge in [0.15, 0.2) is 0 Å². The minimum atomic E-state index is -0.516. The van der Waals surface area contributed by atoms with Gasteiger partial charge in [-0.2, -0.15) is 0 Å². The van der Waals surface area contributed by atoms with Crippen LogP contribution in [0.3, 0.4) is 0 Å². The van der Waals surface area contributed by atoms with E-state index in [-0.39, 0.29) is 35.4 Å². The number of benzene rings is 1. The molecule has 0 fully saturated rings. The minimum absolute atomic E-state index is 0.115. The third-order valence-electron chi connectivity index (χ3n) is 4.64. The number of carbonyl (C=O) groups is 2. The molecule has 2 aromatic heterocycles. The largest absolute Gasteiger partial charge is 0.356 e. The molecule has 3 aromatic rings. The molecule has 0 radical (unpaired) electrons. The number of fused-ring (bicyclic) bond motifs is 1. The van der Waals surface area contributed by atoms with E-state index in [2.05, 4.69) is 30.9 Å². The van der Waals surface area contributed by atoms with Crippen molar-refractivity contribution in [2.45, 2.75) is 19.9 Å². The monoisotopic (exact) mass is 440 g/mol. The molecule has 3 heterocycles. The molecule has 10 heteroatoms. The molecular formula is C21H18ClFN6O2. The lowest BCUT2D eigenvalue weighted by atomic mass is 10.1. The van der Waals surface area contributed by atoms with Crippen LogP contribution in [0.1, 0.15) is 28.7 Å². The normalized spacial score (nSPS) is 12.3. The number of anilines is 2. The van der Waals surface area contributed by atoms with Crippen molar-refractivity contribution in [3.8, 4) is 11.3 Å². The van der Waals surface area contributed by atoms with Crippen LogP contribution in [0, 0.1) is 5.82 Å². The van der Waals surface area contributed by atoms with Crippen LogP contribution in [0.5, 0.6) is 0 Å². The third kappa shape index (κ3) is 4.31. The van der Waals surface area contributed by atoms with E-state index in [0.29, 0.717) is 40.7 Å². The Bertz CT molecular complexity index is 1150. The Kier molecular flexibility index (Phi) is 5.77. The van der Waals surface area contributed by atoms with E-state index in [1.165, 1.54) is 24.5 Å². The van der Waals surface area contributed by atoms with Gasteiger partial charge in [0.1, 0.15) is 11.6 Å². The van der Waals surface area contributed by atoms with E-state index in [1.807, 2.05) is 6.92 Å². The van der Waals surface area contributed by atoms with E-state index < -0.39 is 5.82 Å². The van der Waals surface area contributed by atoms with Gasteiger partial charge >= 0.3 is 0 Å². The summed E-state index contributed by atoms with van der Waals surface area (Å²) in [6.07, 6.45) is 3.06. The molecule has 3 N–H and O–H groups in total. The SMILES string of the molecule is CCNC(=O)Cc1cnc(Nc2cc(-c3c(F)cccc3Cl)nc3c2C(=O)NC3)cn1. The van der Waals surface area contributed by atoms with Crippen LogP contribution < -0.4 is 16.0 Å². The van der Waals surface area contributed by atoms with Gasteiger partial charge in [-0.1, -0.05) is 17.7 Å². The lowest BCUT2D eigenvalue weighted by Gasteiger charge is -2.13. The summed E-state index contributed by atoms with van der Waals surface area (Å²) in [5, 5.41) is 8.67. The van der Waals surface area contributed by atoms with Crippen LogP contribution in [0.15, 0.2) is 36.7 Å². The fourth-order valence-electron chi connectivity index (χ4n) is 3.27. The number of nitrogens with zero attached hydrogens (tertiary/aromatic N) is 3. The molecule has 0 aliphatic carbocycles. The number of rotatable bonds is 6. The zero-order valence-corrected chi connectivity index (χ0v) is 17.3. The van der Waals surface area contributed by atoms with Crippen molar-refractivity contribution in [3.63, 3.8) is 0 Å². The summed E-state index contributed by atoms with van der Waals surface area (Å²) in [5.74, 6) is -0.597. The average molecular weight is 441 g/mol. The summed E-state index contributed by atoms with van der Waals surface area (Å²) >= 11 is 6.20. The van der Waals surface area contributed by atoms with Crippen LogP contribution in [-0.4, -0.2) is 33.3 Å². The van der Waals surface area contributed by atoms with Crippen LogP contribution in [0.2, 0.25) is 5.02 Å². The Balaban J connectivity index is 1.67. The number of amides is 2. The van der Waals surface area contributed by atoms with Crippen LogP contribution in [0.25, 0.3) is 11.3 Å². The number of likely N-dealkylation sites (N-methyl/N-ethyl adjacent to an activating group) is 1. The van der Waals surface area contributed by atoms with Crippen molar-refractivity contribution in [2.75, 3.05) is 11.9 Å². The summed E-state index contributed by atoms with van der Waals surface area (Å²) in [6, 6.07) is 5.94. The zero-order valence-electron chi connectivity index (χ0n) is 16.5. The Morgan fingerprint density at radius 1 is 1.26 bits per heavy atom. The summed E-state index contributed by atoms with van der Waals surface area (Å²) in [7, 11) is 0. The van der Waals surface area contributed by atoms with E-state index in [9.17, 15) is 14.0 Å². The molecule has 8 nitrogen and oxygen atoms in total. The molecule has 0 saturated carbocycles. The number of hydrogen-bond donors (Lipinski definition) is 3. The maximum absolute atomic E-state index is 14.4. The first-order valence-corrected chi connectivity index (χ1v) is 9.95. The Morgan fingerprint density at radius 2 is 2.10 bits per heavy atom. The number of carbonyl (C=O) groups excluding carboxylic acids is 2. The van der Waals surface area contributed by atoms with Crippen LogP contribution in [0.4, 0.5) is 15.9 Å². The summed E-state index contributed by atoms with van der Waals surface area (Å²) in [4.78, 5) is 37.0. The quantitative estimate of drug-likeness (QED) is 0.543. The van der Waals surface area contributed by atoms with Gasteiger partial charge in [0.25, 0.3) is 5.91 Å². The first-order valence-electron chi connectivity index (χ1n) is 9.57. The van der Waals surface area contributed by atoms with Crippen molar-refractivity contribution in [1.29, 1.82) is 0 Å². The van der Waals surface area contributed by atoms with Gasteiger partial charge in [-0.3, -0.25) is 14.6 Å². The van der Waals surface area contributed by atoms with E-state index >= 15 is 0 Å². The highest BCUT2D eigenvalue weighted by atomic mass is 35.5. The van der Waals surface area contributed by atoms with Gasteiger partial charge in [-0.15, -0.1) is 0 Å². The molecule has 0 saturated heterocycles. The molecular weight excluding hydrogens is 423 g/mol. The van der Waals surface area contributed by atoms with Crippen molar-refractivity contribution >= 4 is 34.9 Å². The molecule has 1 aromatic carbocycles. The Hall–Kier alpha value is -3.59. The standard InChI is InChI=1S/C21H18ClFN6O2/c1-2-24-18(30)6-11-8-26-17(10-25-11)29-15-7-14(19-12(22)4-3-5-13(19)23)28-16-9-27-21(31)20(15)16/h3-5,7-8,10H,2,6,9H2,1H3,(H,24,30)(H,27,31)(H,26,28,29). The van der Waals surface area contributed by atoms with Crippen LogP contribution >= 0.6 is 11.6 Å². The highest BCUT2D eigenvalue weighted by molar-refractivity contribution is 6.33. The van der Waals surface area contributed by atoms with Gasteiger partial charge in [-0.25, -0.2) is 14.4 Å². The van der Waals surface area contributed by atoms with Crippen molar-refractivity contribution in [3.05, 3.63) is 64.5 Å². The van der Waals surface area contributed by atoms with Crippen molar-refractivity contribution in [1.82, 2.24) is 25.6 Å². The average Bonchev–Trinajstić information content (AvgIpc) is 3.11. The van der Waals surface area contributed by atoms with E-state index in [1.54, 1.807) is 12.1 Å². The molecule has 31 heavy (non-hydrogen) atoms. The lowest BCUT2D eigenvalue weighted by Crippen LogP contribution is -2.24. The van der Waals surface area contributed by atoms with Gasteiger partial charge < -0.3 is 16.0 Å². The number of nitrogens with one attached hydrogen (secondary N) is 3. The molecule has 4 rings (SSSR count). The topological polar surface area (TPSA) is 109 Å². The predicted octanol–water partition coefficient (Wildman–Crippen LogP) is 3.00. The number of aromatic nitrogens is 3. The molecule has 1 aliphatic rings. The van der Waals surface area contributed by atoms with Gasteiger partial charge in [-0.05, 0) is 25.1 Å². The second kappa shape index (κ2) is 8.65. The molecule has 0 bridgehead atoms. The van der Waals surface area contributed by atoms with Gasteiger partial charge in [0.2, 0.25) is 5.91 Å². The Labute approximate surface area is 182 Å². The molecule has 1 aliphatic heterocycles. The van der Waals surface area contributed by atoms with Gasteiger partial charge in [0, 0.05) is 6.54 Å². The highest BCUT2D eigenvalue weighted by Gasteiger charge is 2.27. The zero-order chi connectivity index (χ0) is 22.0. The molecule has 158 valence electrons. The van der Waals surface area contributed by atoms with Gasteiger partial charge in [0.05, 0.1) is 64.3 Å². The third-order valence-corrected chi connectivity index (χ3v) is 4.96. The highest BCUT2D eigenvalue weighted by Crippen LogP contribution is 2.34. The molecule has 2 amide bonds. The molecule has 0 atom stereocenters. The number of hydrogen-bond acceptors (Lipinski definition) is 6. The fraction of sp³-hybridized carbons (Fsp3) is 0.190. The maximum Gasteiger partial charge on any atom is 0.255 e.